The minimum absolute atomic E-state index is 0.219. The van der Waals surface area contributed by atoms with Gasteiger partial charge in [-0.15, -0.1) is 0 Å². The van der Waals surface area contributed by atoms with Gasteiger partial charge in [0.2, 0.25) is 0 Å². The Balaban J connectivity index is 1.79. The van der Waals surface area contributed by atoms with Crippen LogP contribution in [0.4, 0.5) is 5.82 Å². The Morgan fingerprint density at radius 1 is 1.29 bits per heavy atom. The molecule has 2 aromatic rings. The zero-order valence-electron chi connectivity index (χ0n) is 13.2. The van der Waals surface area contributed by atoms with Gasteiger partial charge in [-0.3, -0.25) is 9.59 Å². The van der Waals surface area contributed by atoms with Gasteiger partial charge in [0.15, 0.2) is 12.4 Å². The maximum absolute atomic E-state index is 12.0. The predicted octanol–water partition coefficient (Wildman–Crippen LogP) is 1.28. The molecule has 126 valence electrons. The number of hydrogen-bond donors (Lipinski definition) is 2. The molecule has 0 aliphatic heterocycles. The zero-order valence-corrected chi connectivity index (χ0v) is 13.2. The molecule has 0 saturated heterocycles. The van der Waals surface area contributed by atoms with E-state index in [9.17, 15) is 14.4 Å². The number of benzene rings is 1. The van der Waals surface area contributed by atoms with Crippen LogP contribution in [-0.4, -0.2) is 35.6 Å². The largest absolute Gasteiger partial charge is 0.454 e. The standard InChI is InChI=1S/C16H17N3O5/c1-10-4-3-5-12(8-10)15(21)17-11(2)16(22)23-9-14(20)18-13-6-7-24-19-13/h3-8,11H,9H2,1-2H3,(H,17,21)(H,18,19,20)/t11-/m0/s1. The Morgan fingerprint density at radius 3 is 2.75 bits per heavy atom. The van der Waals surface area contributed by atoms with Crippen molar-refractivity contribution in [3.8, 4) is 0 Å². The number of hydrogen-bond acceptors (Lipinski definition) is 6. The summed E-state index contributed by atoms with van der Waals surface area (Å²) in [5.74, 6) is -1.45. The normalized spacial score (nSPS) is 11.4. The molecular formula is C16H17N3O5. The van der Waals surface area contributed by atoms with Crippen molar-refractivity contribution in [2.75, 3.05) is 11.9 Å². The van der Waals surface area contributed by atoms with Gasteiger partial charge in [0.1, 0.15) is 12.3 Å². The molecular weight excluding hydrogens is 314 g/mol. The van der Waals surface area contributed by atoms with E-state index in [4.69, 9.17) is 4.74 Å². The molecule has 0 fully saturated rings. The molecule has 24 heavy (non-hydrogen) atoms. The number of ether oxygens (including phenoxy) is 1. The minimum Gasteiger partial charge on any atom is -0.454 e. The Morgan fingerprint density at radius 2 is 2.08 bits per heavy atom. The number of carbonyl (C=O) groups excluding carboxylic acids is 3. The molecule has 8 heteroatoms. The van der Waals surface area contributed by atoms with Gasteiger partial charge in [0.05, 0.1) is 0 Å². The molecule has 1 aromatic carbocycles. The van der Waals surface area contributed by atoms with Gasteiger partial charge >= 0.3 is 5.97 Å². The Hall–Kier alpha value is -3.16. The van der Waals surface area contributed by atoms with Gasteiger partial charge in [-0.05, 0) is 26.0 Å². The molecule has 0 radical (unpaired) electrons. The smallest absolute Gasteiger partial charge is 0.328 e. The fourth-order valence-corrected chi connectivity index (χ4v) is 1.84. The second-order valence-electron chi connectivity index (χ2n) is 5.11. The van der Waals surface area contributed by atoms with Crippen molar-refractivity contribution in [1.82, 2.24) is 10.5 Å². The Kier molecular flexibility index (Phi) is 5.67. The number of aryl methyl sites for hydroxylation is 1. The number of aromatic nitrogens is 1. The molecule has 1 atom stereocenters. The second-order valence-corrected chi connectivity index (χ2v) is 5.11. The van der Waals surface area contributed by atoms with Crippen molar-refractivity contribution in [3.63, 3.8) is 0 Å². The quantitative estimate of drug-likeness (QED) is 0.772. The zero-order chi connectivity index (χ0) is 17.5. The highest BCUT2D eigenvalue weighted by Gasteiger charge is 2.19. The third kappa shape index (κ3) is 4.94. The van der Waals surface area contributed by atoms with Crippen LogP contribution in [0.5, 0.6) is 0 Å². The van der Waals surface area contributed by atoms with Crippen molar-refractivity contribution in [1.29, 1.82) is 0 Å². The van der Waals surface area contributed by atoms with Crippen LogP contribution in [0.25, 0.3) is 0 Å². The molecule has 2 N–H and O–H groups in total. The van der Waals surface area contributed by atoms with E-state index in [1.807, 2.05) is 13.0 Å². The highest BCUT2D eigenvalue weighted by atomic mass is 16.5. The molecule has 8 nitrogen and oxygen atoms in total. The number of esters is 1. The third-order valence-corrected chi connectivity index (χ3v) is 3.03. The number of carbonyl (C=O) groups is 3. The molecule has 0 aliphatic carbocycles. The summed E-state index contributed by atoms with van der Waals surface area (Å²) in [7, 11) is 0. The van der Waals surface area contributed by atoms with Crippen LogP contribution >= 0.6 is 0 Å². The Labute approximate surface area is 138 Å². The molecule has 2 rings (SSSR count). The van der Waals surface area contributed by atoms with Crippen molar-refractivity contribution in [2.24, 2.45) is 0 Å². The lowest BCUT2D eigenvalue weighted by molar-refractivity contribution is -0.148. The average molecular weight is 331 g/mol. The van der Waals surface area contributed by atoms with E-state index in [1.165, 1.54) is 19.3 Å². The summed E-state index contributed by atoms with van der Waals surface area (Å²) in [5, 5.41) is 8.39. The van der Waals surface area contributed by atoms with Crippen molar-refractivity contribution < 1.29 is 23.6 Å². The van der Waals surface area contributed by atoms with Crippen LogP contribution < -0.4 is 10.6 Å². The van der Waals surface area contributed by atoms with Gasteiger partial charge in [-0.25, -0.2) is 4.79 Å². The molecule has 1 aromatic heterocycles. The highest BCUT2D eigenvalue weighted by Crippen LogP contribution is 2.04. The van der Waals surface area contributed by atoms with Gasteiger partial charge < -0.3 is 19.9 Å². The average Bonchev–Trinajstić information content (AvgIpc) is 3.05. The van der Waals surface area contributed by atoms with E-state index in [-0.39, 0.29) is 5.82 Å². The summed E-state index contributed by atoms with van der Waals surface area (Å²) in [6.45, 7) is 2.85. The Bertz CT molecular complexity index is 727. The van der Waals surface area contributed by atoms with Crippen LogP contribution in [0.3, 0.4) is 0 Å². The fourth-order valence-electron chi connectivity index (χ4n) is 1.84. The summed E-state index contributed by atoms with van der Waals surface area (Å²) in [4.78, 5) is 35.4. The molecule has 0 unspecified atom stereocenters. The topological polar surface area (TPSA) is 111 Å². The summed E-state index contributed by atoms with van der Waals surface area (Å²) >= 11 is 0. The van der Waals surface area contributed by atoms with Crippen LogP contribution in [0.15, 0.2) is 41.1 Å². The van der Waals surface area contributed by atoms with Gasteiger partial charge in [-0.1, -0.05) is 22.9 Å². The molecule has 2 amide bonds. The molecule has 0 bridgehead atoms. The lowest BCUT2D eigenvalue weighted by atomic mass is 10.1. The molecule has 0 spiro atoms. The predicted molar refractivity (Wildman–Crippen MR) is 84.2 cm³/mol. The van der Waals surface area contributed by atoms with Crippen LogP contribution in [-0.2, 0) is 14.3 Å². The maximum Gasteiger partial charge on any atom is 0.328 e. The first kappa shape index (κ1) is 17.2. The summed E-state index contributed by atoms with van der Waals surface area (Å²) in [6, 6.07) is 7.52. The molecule has 0 saturated carbocycles. The SMILES string of the molecule is Cc1cccc(C(=O)N[C@@H](C)C(=O)OCC(=O)Nc2ccon2)c1. The minimum atomic E-state index is -0.891. The van der Waals surface area contributed by atoms with Crippen molar-refractivity contribution >= 4 is 23.6 Å². The van der Waals surface area contributed by atoms with E-state index >= 15 is 0 Å². The van der Waals surface area contributed by atoms with Gasteiger partial charge in [0, 0.05) is 11.6 Å². The number of anilines is 1. The van der Waals surface area contributed by atoms with Gasteiger partial charge in [-0.2, -0.15) is 0 Å². The lowest BCUT2D eigenvalue weighted by Crippen LogP contribution is -2.40. The number of nitrogens with one attached hydrogen (secondary N) is 2. The number of nitrogens with zero attached hydrogens (tertiary/aromatic N) is 1. The fraction of sp³-hybridized carbons (Fsp3) is 0.250. The number of amides is 2. The number of rotatable bonds is 6. The third-order valence-electron chi connectivity index (χ3n) is 3.03. The monoisotopic (exact) mass is 331 g/mol. The summed E-state index contributed by atoms with van der Waals surface area (Å²) in [6.07, 6.45) is 1.30. The van der Waals surface area contributed by atoms with E-state index in [0.717, 1.165) is 5.56 Å². The van der Waals surface area contributed by atoms with E-state index < -0.39 is 30.4 Å². The van der Waals surface area contributed by atoms with E-state index in [2.05, 4.69) is 20.3 Å². The first-order valence-electron chi connectivity index (χ1n) is 7.20. The van der Waals surface area contributed by atoms with Crippen LogP contribution in [0, 0.1) is 6.92 Å². The summed E-state index contributed by atoms with van der Waals surface area (Å²) in [5.41, 5.74) is 1.38. The lowest BCUT2D eigenvalue weighted by Gasteiger charge is -2.13. The second kappa shape index (κ2) is 7.91. The summed E-state index contributed by atoms with van der Waals surface area (Å²) < 4.78 is 9.40. The maximum atomic E-state index is 12.0. The highest BCUT2D eigenvalue weighted by molar-refractivity contribution is 5.97. The molecule has 1 heterocycles. The van der Waals surface area contributed by atoms with Crippen molar-refractivity contribution in [2.45, 2.75) is 19.9 Å². The van der Waals surface area contributed by atoms with E-state index in [0.29, 0.717) is 5.56 Å². The van der Waals surface area contributed by atoms with Crippen LogP contribution in [0.1, 0.15) is 22.8 Å². The molecule has 0 aliphatic rings. The first-order chi connectivity index (χ1) is 11.5. The van der Waals surface area contributed by atoms with Gasteiger partial charge in [0.25, 0.3) is 11.8 Å². The van der Waals surface area contributed by atoms with Crippen molar-refractivity contribution in [3.05, 3.63) is 47.7 Å². The van der Waals surface area contributed by atoms with E-state index in [1.54, 1.807) is 18.2 Å². The van der Waals surface area contributed by atoms with Crippen LogP contribution in [0.2, 0.25) is 0 Å². The first-order valence-corrected chi connectivity index (χ1v) is 7.20.